The second-order valence-corrected chi connectivity index (χ2v) is 9.03. The van der Waals surface area contributed by atoms with Gasteiger partial charge in [-0.3, -0.25) is 0 Å². The van der Waals surface area contributed by atoms with Gasteiger partial charge in [0.05, 0.1) is 31.1 Å². The van der Waals surface area contributed by atoms with Crippen molar-refractivity contribution in [2.24, 2.45) is 0 Å². The maximum Gasteiger partial charge on any atom is 0.208 e. The van der Waals surface area contributed by atoms with E-state index < -0.39 is 0 Å². The molecular formula is C24H34N6O2. The Morgan fingerprint density at radius 1 is 1.16 bits per heavy atom. The number of aliphatic hydroxyl groups is 1. The molecule has 1 atom stereocenters. The predicted octanol–water partition coefficient (Wildman–Crippen LogP) is 4.06. The van der Waals surface area contributed by atoms with Crippen molar-refractivity contribution < 1.29 is 9.84 Å². The van der Waals surface area contributed by atoms with Crippen molar-refractivity contribution in [2.45, 2.75) is 65.1 Å². The summed E-state index contributed by atoms with van der Waals surface area (Å²) < 4.78 is 7.51. The van der Waals surface area contributed by atoms with Crippen molar-refractivity contribution in [2.75, 3.05) is 30.5 Å². The van der Waals surface area contributed by atoms with E-state index in [-0.39, 0.29) is 24.6 Å². The molecule has 8 nitrogen and oxygen atoms in total. The minimum absolute atomic E-state index is 0.0813. The van der Waals surface area contributed by atoms with Crippen LogP contribution in [-0.4, -0.2) is 51.2 Å². The summed E-state index contributed by atoms with van der Waals surface area (Å²) in [4.78, 5) is 7.31. The summed E-state index contributed by atoms with van der Waals surface area (Å²) >= 11 is 0. The number of aromatic nitrogens is 4. The molecule has 0 saturated carbocycles. The van der Waals surface area contributed by atoms with Crippen LogP contribution in [0.2, 0.25) is 0 Å². The van der Waals surface area contributed by atoms with Crippen molar-refractivity contribution in [1.29, 1.82) is 0 Å². The Bertz CT molecular complexity index is 1010. The summed E-state index contributed by atoms with van der Waals surface area (Å²) in [7, 11) is 1.67. The molecule has 0 amide bonds. The van der Waals surface area contributed by atoms with Gasteiger partial charge in [0.25, 0.3) is 0 Å². The Morgan fingerprint density at radius 2 is 1.91 bits per heavy atom. The molecule has 4 rings (SSSR count). The lowest BCUT2D eigenvalue weighted by atomic mass is 10.1. The van der Waals surface area contributed by atoms with Crippen LogP contribution in [0.4, 0.5) is 11.8 Å². The minimum atomic E-state index is 0.0813. The Kier molecular flexibility index (Phi) is 6.50. The number of nitrogens with zero attached hydrogens (tertiary/aromatic N) is 5. The molecule has 8 heteroatoms. The van der Waals surface area contributed by atoms with Crippen molar-refractivity contribution in [1.82, 2.24) is 19.7 Å². The Balaban J connectivity index is 1.79. The molecule has 1 unspecified atom stereocenters. The third-order valence-corrected chi connectivity index (χ3v) is 6.14. The zero-order valence-electron chi connectivity index (χ0n) is 19.7. The van der Waals surface area contributed by atoms with Gasteiger partial charge in [0.15, 0.2) is 11.5 Å². The lowest BCUT2D eigenvalue weighted by molar-refractivity contribution is 0.264. The number of fused-ring (bicyclic) bond motifs is 1. The first kappa shape index (κ1) is 22.3. The molecule has 3 heterocycles. The van der Waals surface area contributed by atoms with E-state index in [4.69, 9.17) is 9.72 Å². The average Bonchev–Trinajstić information content (AvgIpc) is 3.44. The lowest BCUT2D eigenvalue weighted by Gasteiger charge is -2.31. The van der Waals surface area contributed by atoms with E-state index in [2.05, 4.69) is 52.7 Å². The molecule has 1 fully saturated rings. The standard InChI is InChI=1S/C24H34N6O2/c1-15(2)20-22-21(28-27-20)23(25-13-17-8-10-19(32-5)11-9-17)26-24(30(22)16(3)4)29-12-6-7-18(29)14-31/h8-11,15-16,18,25,31H,6-7,12-14H2,1-5H3. The van der Waals surface area contributed by atoms with E-state index in [1.165, 1.54) is 0 Å². The highest BCUT2D eigenvalue weighted by atomic mass is 16.5. The molecule has 1 saturated heterocycles. The van der Waals surface area contributed by atoms with E-state index in [0.717, 1.165) is 59.5 Å². The highest BCUT2D eigenvalue weighted by molar-refractivity contribution is 5.75. The van der Waals surface area contributed by atoms with Gasteiger partial charge in [-0.25, -0.2) is 0 Å². The van der Waals surface area contributed by atoms with Gasteiger partial charge in [-0.05, 0) is 50.3 Å². The molecule has 172 valence electrons. The van der Waals surface area contributed by atoms with E-state index in [1.54, 1.807) is 7.11 Å². The first-order chi connectivity index (χ1) is 15.4. The maximum atomic E-state index is 9.98. The van der Waals surface area contributed by atoms with Gasteiger partial charge in [-0.15, -0.1) is 5.10 Å². The zero-order chi connectivity index (χ0) is 22.8. The molecule has 0 spiro atoms. The second-order valence-electron chi connectivity index (χ2n) is 9.03. The van der Waals surface area contributed by atoms with Crippen molar-refractivity contribution in [3.8, 4) is 17.1 Å². The summed E-state index contributed by atoms with van der Waals surface area (Å²) in [6, 6.07) is 8.26. The van der Waals surface area contributed by atoms with Crippen molar-refractivity contribution in [3.05, 3.63) is 35.5 Å². The highest BCUT2D eigenvalue weighted by Crippen LogP contribution is 2.40. The Hall–Kier alpha value is -2.87. The molecule has 0 aliphatic carbocycles. The summed E-state index contributed by atoms with van der Waals surface area (Å²) in [6.07, 6.45) is 2.02. The first-order valence-corrected chi connectivity index (χ1v) is 11.5. The van der Waals surface area contributed by atoms with E-state index >= 15 is 0 Å². The number of anilines is 2. The minimum Gasteiger partial charge on any atom is -0.497 e. The fourth-order valence-electron chi connectivity index (χ4n) is 4.45. The van der Waals surface area contributed by atoms with Crippen LogP contribution in [0.15, 0.2) is 24.3 Å². The average molecular weight is 439 g/mol. The molecule has 1 aromatic carbocycles. The summed E-state index contributed by atoms with van der Waals surface area (Å²) in [6.45, 7) is 10.2. The van der Waals surface area contributed by atoms with Gasteiger partial charge in [0, 0.05) is 19.1 Å². The van der Waals surface area contributed by atoms with E-state index in [0.29, 0.717) is 6.54 Å². The van der Waals surface area contributed by atoms with Crippen molar-refractivity contribution in [3.63, 3.8) is 0 Å². The monoisotopic (exact) mass is 438 g/mol. The molecule has 0 radical (unpaired) electrons. The molecule has 3 aliphatic heterocycles. The third-order valence-electron chi connectivity index (χ3n) is 6.14. The van der Waals surface area contributed by atoms with Gasteiger partial charge in [-0.1, -0.05) is 26.0 Å². The van der Waals surface area contributed by atoms with Gasteiger partial charge >= 0.3 is 0 Å². The van der Waals surface area contributed by atoms with E-state index in [9.17, 15) is 5.11 Å². The summed E-state index contributed by atoms with van der Waals surface area (Å²) in [5.74, 6) is 2.67. The fraction of sp³-hybridized carbons (Fsp3) is 0.542. The first-order valence-electron chi connectivity index (χ1n) is 11.5. The largest absolute Gasteiger partial charge is 0.497 e. The summed E-state index contributed by atoms with van der Waals surface area (Å²) in [5, 5.41) is 22.6. The molecular weight excluding hydrogens is 404 g/mol. The highest BCUT2D eigenvalue weighted by Gasteiger charge is 2.33. The number of rotatable bonds is 8. The SMILES string of the molecule is COc1ccc(CNc2nc(N3CCCC3CO)n(C(C)C)c3c(C(C)C)nnc2-3)cc1. The van der Waals surface area contributed by atoms with Crippen molar-refractivity contribution >= 4 is 11.8 Å². The number of aliphatic hydroxyl groups excluding tert-OH is 1. The zero-order valence-corrected chi connectivity index (χ0v) is 19.7. The van der Waals surface area contributed by atoms with Gasteiger partial charge in [0.2, 0.25) is 5.95 Å². The van der Waals surface area contributed by atoms with Crippen LogP contribution >= 0.6 is 0 Å². The van der Waals surface area contributed by atoms with Crippen LogP contribution in [0.5, 0.6) is 5.75 Å². The summed E-state index contributed by atoms with van der Waals surface area (Å²) in [5.41, 5.74) is 3.92. The van der Waals surface area contributed by atoms with Crippen LogP contribution in [0.25, 0.3) is 11.4 Å². The number of methoxy groups -OCH3 is 1. The fourth-order valence-corrected chi connectivity index (χ4v) is 4.45. The Labute approximate surface area is 190 Å². The van der Waals surface area contributed by atoms with Gasteiger partial charge < -0.3 is 24.6 Å². The van der Waals surface area contributed by atoms with Crippen LogP contribution in [0.1, 0.15) is 63.8 Å². The van der Waals surface area contributed by atoms with Crippen LogP contribution in [0.3, 0.4) is 0 Å². The lowest BCUT2D eigenvalue weighted by Crippen LogP contribution is -2.36. The number of hydrogen-bond donors (Lipinski definition) is 2. The van der Waals surface area contributed by atoms with Gasteiger partial charge in [0.1, 0.15) is 5.75 Å². The second kappa shape index (κ2) is 9.32. The molecule has 2 N–H and O–H groups in total. The van der Waals surface area contributed by atoms with Crippen LogP contribution < -0.4 is 15.0 Å². The van der Waals surface area contributed by atoms with Crippen LogP contribution in [0, 0.1) is 0 Å². The van der Waals surface area contributed by atoms with Crippen LogP contribution in [-0.2, 0) is 6.54 Å². The number of nitrogens with one attached hydrogen (secondary N) is 1. The Morgan fingerprint density at radius 3 is 2.53 bits per heavy atom. The molecule has 3 aliphatic rings. The predicted molar refractivity (Wildman–Crippen MR) is 127 cm³/mol. The van der Waals surface area contributed by atoms with E-state index in [1.807, 2.05) is 24.3 Å². The number of benzene rings is 1. The molecule has 32 heavy (non-hydrogen) atoms. The quantitative estimate of drug-likeness (QED) is 0.548. The van der Waals surface area contributed by atoms with Gasteiger partial charge in [-0.2, -0.15) is 10.1 Å². The maximum absolute atomic E-state index is 9.98. The third kappa shape index (κ3) is 4.11. The normalized spacial score (nSPS) is 16.5. The molecule has 1 aromatic rings. The number of ether oxygens (including phenoxy) is 1. The molecule has 0 bridgehead atoms. The number of hydrogen-bond acceptors (Lipinski definition) is 7. The smallest absolute Gasteiger partial charge is 0.208 e. The molecule has 0 aromatic heterocycles. The topological polar surface area (TPSA) is 88.3 Å².